The average molecular weight is 531 g/mol. The van der Waals surface area contributed by atoms with Crippen LogP contribution in [0.5, 0.6) is 5.75 Å². The smallest absolute Gasteiger partial charge is 0.350 e. The Balaban J connectivity index is 1.74. The van der Waals surface area contributed by atoms with E-state index in [0.717, 1.165) is 11.1 Å². The van der Waals surface area contributed by atoms with Gasteiger partial charge < -0.3 is 29.9 Å². The van der Waals surface area contributed by atoms with Crippen LogP contribution in [0.25, 0.3) is 0 Å². The quantitative estimate of drug-likeness (QED) is 0.299. The molecule has 210 valence electrons. The molecule has 4 N–H and O–H groups in total. The van der Waals surface area contributed by atoms with Gasteiger partial charge in [-0.1, -0.05) is 49.8 Å². The summed E-state index contributed by atoms with van der Waals surface area (Å²) in [4.78, 5) is 24.3. The van der Waals surface area contributed by atoms with Gasteiger partial charge in [-0.05, 0) is 69.1 Å². The number of carbonyl (C=O) groups is 2. The van der Waals surface area contributed by atoms with E-state index in [-0.39, 0.29) is 30.6 Å². The summed E-state index contributed by atoms with van der Waals surface area (Å²) in [5, 5.41) is 39.8. The summed E-state index contributed by atoms with van der Waals surface area (Å²) < 4.78 is 12.2. The summed E-state index contributed by atoms with van der Waals surface area (Å²) in [6.45, 7) is 7.63. The van der Waals surface area contributed by atoms with Crippen molar-refractivity contribution in [2.45, 2.75) is 96.2 Å². The number of aryl methyl sites for hydroxylation is 1. The maximum absolute atomic E-state index is 13.5. The van der Waals surface area contributed by atoms with E-state index in [1.165, 1.54) is 0 Å². The summed E-state index contributed by atoms with van der Waals surface area (Å²) in [6.07, 6.45) is 3.75. The van der Waals surface area contributed by atoms with Crippen LogP contribution in [0.2, 0.25) is 0 Å². The minimum absolute atomic E-state index is 0.0149. The number of aliphatic carboxylic acids is 1. The highest BCUT2D eigenvalue weighted by atomic mass is 16.6. The topological polar surface area (TPSA) is 134 Å². The van der Waals surface area contributed by atoms with Crippen molar-refractivity contribution >= 4 is 11.9 Å². The number of aliphatic hydroxyl groups is 3. The van der Waals surface area contributed by atoms with Gasteiger partial charge in [0.1, 0.15) is 11.9 Å². The summed E-state index contributed by atoms with van der Waals surface area (Å²) in [5.41, 5.74) is 0.784. The minimum Gasteiger partial charge on any atom is -0.481 e. The minimum atomic E-state index is -1.20. The number of ether oxygens (including phenoxy) is 2. The fourth-order valence-corrected chi connectivity index (χ4v) is 5.48. The molecule has 0 saturated heterocycles. The molecule has 38 heavy (non-hydrogen) atoms. The fourth-order valence-electron chi connectivity index (χ4n) is 5.48. The van der Waals surface area contributed by atoms with Crippen molar-refractivity contribution in [3.8, 4) is 5.75 Å². The van der Waals surface area contributed by atoms with Gasteiger partial charge in [-0.25, -0.2) is 4.79 Å². The van der Waals surface area contributed by atoms with Crippen molar-refractivity contribution in [1.82, 2.24) is 0 Å². The van der Waals surface area contributed by atoms with Crippen molar-refractivity contribution in [3.05, 3.63) is 53.6 Å². The molecular formula is C30H42O8. The molecule has 1 aromatic rings. The number of carbonyl (C=O) groups excluding carboxylic acids is 1. The van der Waals surface area contributed by atoms with Crippen LogP contribution in [0.1, 0.15) is 64.9 Å². The highest BCUT2D eigenvalue weighted by Crippen LogP contribution is 2.44. The third-order valence-electron chi connectivity index (χ3n) is 7.89. The third-order valence-corrected chi connectivity index (χ3v) is 7.89. The number of fused-ring (bicyclic) bond motifs is 1. The average Bonchev–Trinajstić information content (AvgIpc) is 2.84. The van der Waals surface area contributed by atoms with Gasteiger partial charge in [0, 0.05) is 12.3 Å². The van der Waals surface area contributed by atoms with Gasteiger partial charge >= 0.3 is 11.9 Å². The summed E-state index contributed by atoms with van der Waals surface area (Å²) in [6, 6.07) is 7.48. The van der Waals surface area contributed by atoms with E-state index in [2.05, 4.69) is 13.0 Å². The van der Waals surface area contributed by atoms with E-state index in [9.17, 15) is 24.9 Å². The number of esters is 1. The number of aliphatic hydroxyl groups excluding tert-OH is 3. The number of hydrogen-bond acceptors (Lipinski definition) is 7. The van der Waals surface area contributed by atoms with E-state index in [1.807, 2.05) is 44.2 Å². The van der Waals surface area contributed by atoms with Gasteiger partial charge in [0.05, 0.1) is 24.7 Å². The van der Waals surface area contributed by atoms with Crippen molar-refractivity contribution in [3.63, 3.8) is 0 Å². The van der Waals surface area contributed by atoms with Crippen LogP contribution in [-0.4, -0.2) is 62.4 Å². The zero-order chi connectivity index (χ0) is 28.0. The molecule has 2 aliphatic rings. The standard InChI is InChI=1S/C30H42O8/c1-5-30(4,38-24-11-6-18(2)7-12-24)29(36)37-26-16-22(32)14-20-9-8-19(3)25(28(20)26)13-10-21(31)15-23(33)17-27(34)35/h6-9,11-12,14,19,21-23,25-26,28,31-33H,5,10,13,15-17H2,1-4H3,(H,34,35)/t19-,21+,22+,23+,25-,26-,28-,30?/m0/s1. The van der Waals surface area contributed by atoms with Crippen molar-refractivity contribution in [2.24, 2.45) is 17.8 Å². The lowest BCUT2D eigenvalue weighted by Gasteiger charge is -2.43. The predicted octanol–water partition coefficient (Wildman–Crippen LogP) is 3.95. The third kappa shape index (κ3) is 7.68. The molecule has 0 radical (unpaired) electrons. The fraction of sp³-hybridized carbons (Fsp3) is 0.600. The molecule has 0 aliphatic heterocycles. The lowest BCUT2D eigenvalue weighted by molar-refractivity contribution is -0.172. The summed E-state index contributed by atoms with van der Waals surface area (Å²) >= 11 is 0. The maximum Gasteiger partial charge on any atom is 0.350 e. The number of rotatable bonds is 12. The normalized spacial score (nSPS) is 27.9. The van der Waals surface area contributed by atoms with Crippen molar-refractivity contribution in [1.29, 1.82) is 0 Å². The van der Waals surface area contributed by atoms with E-state index in [0.29, 0.717) is 25.0 Å². The van der Waals surface area contributed by atoms with Gasteiger partial charge in [-0.15, -0.1) is 0 Å². The Morgan fingerprint density at radius 1 is 1.16 bits per heavy atom. The first-order chi connectivity index (χ1) is 17.9. The predicted molar refractivity (Wildman–Crippen MR) is 142 cm³/mol. The van der Waals surface area contributed by atoms with Gasteiger partial charge in [-0.2, -0.15) is 0 Å². The Morgan fingerprint density at radius 3 is 2.47 bits per heavy atom. The molecule has 3 rings (SSSR count). The largest absolute Gasteiger partial charge is 0.481 e. The highest BCUT2D eigenvalue weighted by molar-refractivity contribution is 5.79. The van der Waals surface area contributed by atoms with Crippen LogP contribution in [0, 0.1) is 24.7 Å². The molecule has 8 heteroatoms. The van der Waals surface area contributed by atoms with Crippen molar-refractivity contribution < 1.29 is 39.5 Å². The summed E-state index contributed by atoms with van der Waals surface area (Å²) in [7, 11) is 0. The molecule has 8 atom stereocenters. The summed E-state index contributed by atoms with van der Waals surface area (Å²) in [5.74, 6) is -1.04. The molecule has 2 aliphatic carbocycles. The first kappa shape index (κ1) is 29.9. The molecule has 0 heterocycles. The number of allylic oxidation sites excluding steroid dienone is 2. The number of carboxylic acids is 1. The second-order valence-electron chi connectivity index (χ2n) is 11.0. The molecule has 0 spiro atoms. The molecule has 1 unspecified atom stereocenters. The van der Waals surface area contributed by atoms with Gasteiger partial charge in [0.2, 0.25) is 5.60 Å². The number of hydrogen-bond donors (Lipinski definition) is 4. The van der Waals surface area contributed by atoms with Gasteiger partial charge in [0.15, 0.2) is 0 Å². The zero-order valence-corrected chi connectivity index (χ0v) is 22.7. The van der Waals surface area contributed by atoms with Gasteiger partial charge in [-0.3, -0.25) is 4.79 Å². The van der Waals surface area contributed by atoms with E-state index < -0.39 is 48.4 Å². The maximum atomic E-state index is 13.5. The van der Waals surface area contributed by atoms with E-state index in [4.69, 9.17) is 14.6 Å². The Bertz CT molecular complexity index is 1020. The Labute approximate surface area is 225 Å². The van der Waals surface area contributed by atoms with Crippen LogP contribution >= 0.6 is 0 Å². The van der Waals surface area contributed by atoms with Crippen LogP contribution in [0.4, 0.5) is 0 Å². The second kappa shape index (κ2) is 12.9. The van der Waals surface area contributed by atoms with E-state index >= 15 is 0 Å². The molecule has 0 bridgehead atoms. The first-order valence-electron chi connectivity index (χ1n) is 13.5. The Kier molecular flexibility index (Phi) is 10.2. The number of benzene rings is 1. The first-order valence-corrected chi connectivity index (χ1v) is 13.5. The molecule has 8 nitrogen and oxygen atoms in total. The van der Waals surface area contributed by atoms with Gasteiger partial charge in [0.25, 0.3) is 0 Å². The Hall–Kier alpha value is -2.68. The van der Waals surface area contributed by atoms with Crippen LogP contribution in [-0.2, 0) is 14.3 Å². The SMILES string of the molecule is CCC(C)(Oc1ccc(C)cc1)C(=O)O[C@H]1C[C@H](O)C=C2C=C[C@H](C)[C@H](CC[C@@H](O)C[C@@H](O)CC(=O)O)[C@H]21. The monoisotopic (exact) mass is 530 g/mol. The number of carboxylic acid groups (broad SMARTS) is 1. The molecule has 0 fully saturated rings. The van der Waals surface area contributed by atoms with Crippen LogP contribution in [0.15, 0.2) is 48.1 Å². The highest BCUT2D eigenvalue weighted by Gasteiger charge is 2.45. The van der Waals surface area contributed by atoms with E-state index in [1.54, 1.807) is 13.0 Å². The van der Waals surface area contributed by atoms with Crippen molar-refractivity contribution in [2.75, 3.05) is 0 Å². The van der Waals surface area contributed by atoms with Crippen LogP contribution in [0.3, 0.4) is 0 Å². The second-order valence-corrected chi connectivity index (χ2v) is 11.0. The Morgan fingerprint density at radius 2 is 1.84 bits per heavy atom. The lowest BCUT2D eigenvalue weighted by atomic mass is 9.66. The molecule has 0 saturated carbocycles. The molecule has 0 aromatic heterocycles. The molecule has 1 aromatic carbocycles. The van der Waals surface area contributed by atoms with Crippen LogP contribution < -0.4 is 4.74 Å². The zero-order valence-electron chi connectivity index (χ0n) is 22.7. The molecule has 0 amide bonds. The molecular weight excluding hydrogens is 488 g/mol. The lowest BCUT2D eigenvalue weighted by Crippen LogP contribution is -2.48.